The van der Waals surface area contributed by atoms with E-state index in [0.29, 0.717) is 27.0 Å². The highest BCUT2D eigenvalue weighted by molar-refractivity contribution is 6.31. The number of rotatable bonds is 3. The average molecular weight is 422 g/mol. The molecule has 7 heteroatoms. The summed E-state index contributed by atoms with van der Waals surface area (Å²) in [6.45, 7) is 0. The van der Waals surface area contributed by atoms with Crippen LogP contribution in [-0.2, 0) is 10.5 Å². The predicted molar refractivity (Wildman–Crippen MR) is 111 cm³/mol. The van der Waals surface area contributed by atoms with E-state index >= 15 is 0 Å². The van der Waals surface area contributed by atoms with Crippen LogP contribution in [0.4, 0.5) is 16.2 Å². The van der Waals surface area contributed by atoms with Gasteiger partial charge < -0.3 is 4.74 Å². The minimum Gasteiger partial charge on any atom is -0.317 e. The fraction of sp³-hybridized carbons (Fsp3) is 0.0909. The van der Waals surface area contributed by atoms with Crippen molar-refractivity contribution in [3.63, 3.8) is 0 Å². The van der Waals surface area contributed by atoms with Gasteiger partial charge in [-0.05, 0) is 60.7 Å². The standard InChI is InChI=1S/C22H13Cl2N3O2/c23-16-4-8-18(9-5-16)26-20-22(29-20,15-3-1-2-14(12-15)13-25)27(21(26)28)19-10-6-17(24)7-11-19/h1-12,20H. The number of amides is 2. The normalized spacial score (nSPS) is 22.4. The molecule has 0 spiro atoms. The Kier molecular flexibility index (Phi) is 4.04. The fourth-order valence-corrected chi connectivity index (χ4v) is 4.02. The van der Waals surface area contributed by atoms with Gasteiger partial charge in [-0.25, -0.2) is 4.79 Å². The molecule has 2 fully saturated rings. The van der Waals surface area contributed by atoms with Crippen molar-refractivity contribution in [1.29, 1.82) is 5.26 Å². The van der Waals surface area contributed by atoms with Gasteiger partial charge in [-0.1, -0.05) is 35.3 Å². The summed E-state index contributed by atoms with van der Waals surface area (Å²) in [5.74, 6) is 0. The molecule has 2 unspecified atom stereocenters. The Morgan fingerprint density at radius 1 is 0.931 bits per heavy atom. The van der Waals surface area contributed by atoms with E-state index in [4.69, 9.17) is 27.9 Å². The first-order valence-corrected chi connectivity index (χ1v) is 9.63. The molecule has 0 saturated carbocycles. The number of nitrogens with zero attached hydrogens (tertiary/aromatic N) is 3. The number of halogens is 2. The molecule has 2 saturated heterocycles. The summed E-state index contributed by atoms with van der Waals surface area (Å²) in [4.78, 5) is 16.7. The van der Waals surface area contributed by atoms with Crippen molar-refractivity contribution < 1.29 is 9.53 Å². The summed E-state index contributed by atoms with van der Waals surface area (Å²) in [5, 5.41) is 10.5. The molecule has 2 atom stereocenters. The lowest BCUT2D eigenvalue weighted by atomic mass is 10.0. The molecule has 0 aliphatic carbocycles. The first-order valence-electron chi connectivity index (χ1n) is 8.87. The second-order valence-electron chi connectivity index (χ2n) is 6.80. The van der Waals surface area contributed by atoms with Crippen LogP contribution in [0.15, 0.2) is 72.8 Å². The van der Waals surface area contributed by atoms with Gasteiger partial charge in [0.1, 0.15) is 0 Å². The number of hydrogen-bond acceptors (Lipinski definition) is 3. The molecule has 0 radical (unpaired) electrons. The van der Waals surface area contributed by atoms with Crippen LogP contribution in [0.5, 0.6) is 0 Å². The van der Waals surface area contributed by atoms with Crippen molar-refractivity contribution in [2.45, 2.75) is 12.0 Å². The third-order valence-corrected chi connectivity index (χ3v) is 5.63. The lowest BCUT2D eigenvalue weighted by molar-refractivity contribution is 0.224. The summed E-state index contributed by atoms with van der Waals surface area (Å²) >= 11 is 12.0. The summed E-state index contributed by atoms with van der Waals surface area (Å²) in [5.41, 5.74) is 1.55. The quantitative estimate of drug-likeness (QED) is 0.522. The topological polar surface area (TPSA) is 59.9 Å². The van der Waals surface area contributed by atoms with E-state index in [1.165, 1.54) is 0 Å². The maximum absolute atomic E-state index is 13.5. The summed E-state index contributed by atoms with van der Waals surface area (Å²) < 4.78 is 6.15. The van der Waals surface area contributed by atoms with Crippen LogP contribution in [-0.4, -0.2) is 12.3 Å². The van der Waals surface area contributed by atoms with Gasteiger partial charge in [0.25, 0.3) is 0 Å². The van der Waals surface area contributed by atoms with E-state index in [1.807, 2.05) is 6.07 Å². The van der Waals surface area contributed by atoms with E-state index < -0.39 is 12.0 Å². The van der Waals surface area contributed by atoms with Crippen LogP contribution in [0, 0.1) is 11.3 Å². The first kappa shape index (κ1) is 18.0. The Labute approximate surface area is 177 Å². The Morgan fingerprint density at radius 2 is 1.55 bits per heavy atom. The van der Waals surface area contributed by atoms with Gasteiger partial charge in [-0.15, -0.1) is 0 Å². The molecule has 3 aromatic carbocycles. The number of carbonyl (C=O) groups is 1. The number of carbonyl (C=O) groups excluding carboxylic acids is 1. The van der Waals surface area contributed by atoms with Crippen molar-refractivity contribution in [2.75, 3.05) is 9.80 Å². The van der Waals surface area contributed by atoms with Crippen LogP contribution in [0.1, 0.15) is 11.1 Å². The van der Waals surface area contributed by atoms with Crippen LogP contribution in [0.25, 0.3) is 0 Å². The van der Waals surface area contributed by atoms with E-state index in [0.717, 1.165) is 5.56 Å². The minimum atomic E-state index is -1.02. The molecular formula is C22H13Cl2N3O2. The number of anilines is 2. The number of fused-ring (bicyclic) bond motifs is 1. The number of urea groups is 1. The zero-order valence-electron chi connectivity index (χ0n) is 14.9. The van der Waals surface area contributed by atoms with Crippen LogP contribution >= 0.6 is 23.2 Å². The lowest BCUT2D eigenvalue weighted by Gasteiger charge is -2.27. The van der Waals surface area contributed by atoms with Crippen molar-refractivity contribution >= 4 is 40.6 Å². The fourth-order valence-electron chi connectivity index (χ4n) is 3.77. The van der Waals surface area contributed by atoms with Gasteiger partial charge >= 0.3 is 6.03 Å². The molecule has 142 valence electrons. The lowest BCUT2D eigenvalue weighted by Crippen LogP contribution is -2.40. The highest BCUT2D eigenvalue weighted by atomic mass is 35.5. The van der Waals surface area contributed by atoms with Gasteiger partial charge in [0.15, 0.2) is 6.23 Å². The monoisotopic (exact) mass is 421 g/mol. The highest BCUT2D eigenvalue weighted by Gasteiger charge is 2.74. The Bertz CT molecular complexity index is 1160. The summed E-state index contributed by atoms with van der Waals surface area (Å²) in [7, 11) is 0. The molecule has 29 heavy (non-hydrogen) atoms. The number of benzene rings is 3. The zero-order valence-corrected chi connectivity index (χ0v) is 16.4. The van der Waals surface area contributed by atoms with E-state index in [9.17, 15) is 10.1 Å². The molecule has 2 heterocycles. The van der Waals surface area contributed by atoms with Gasteiger partial charge in [-0.2, -0.15) is 5.26 Å². The second-order valence-corrected chi connectivity index (χ2v) is 7.67. The molecule has 0 bridgehead atoms. The molecule has 2 aliphatic rings. The SMILES string of the molecule is N#Cc1cccc(C23OC2N(c2ccc(Cl)cc2)C(=O)N3c2ccc(Cl)cc2)c1. The maximum Gasteiger partial charge on any atom is 0.334 e. The summed E-state index contributed by atoms with van der Waals surface area (Å²) in [6, 6.07) is 23.1. The molecule has 2 aliphatic heterocycles. The predicted octanol–water partition coefficient (Wildman–Crippen LogP) is 5.52. The molecule has 2 amide bonds. The van der Waals surface area contributed by atoms with Crippen molar-refractivity contribution in [3.8, 4) is 6.07 Å². The molecule has 3 aromatic rings. The van der Waals surface area contributed by atoms with E-state index in [1.54, 1.807) is 76.5 Å². The summed E-state index contributed by atoms with van der Waals surface area (Å²) in [6.07, 6.45) is -0.527. The Hall–Kier alpha value is -3.04. The maximum atomic E-state index is 13.5. The third kappa shape index (κ3) is 2.69. The average Bonchev–Trinajstić information content (AvgIpc) is 3.41. The van der Waals surface area contributed by atoms with Crippen LogP contribution in [0.3, 0.4) is 0 Å². The molecule has 5 rings (SSSR count). The largest absolute Gasteiger partial charge is 0.334 e. The molecule has 0 aromatic heterocycles. The second kappa shape index (κ2) is 6.50. The van der Waals surface area contributed by atoms with Crippen LogP contribution < -0.4 is 9.80 Å². The minimum absolute atomic E-state index is 0.228. The van der Waals surface area contributed by atoms with Gasteiger partial charge in [0.05, 0.1) is 11.6 Å². The van der Waals surface area contributed by atoms with Crippen LogP contribution in [0.2, 0.25) is 10.0 Å². The molecule has 5 nitrogen and oxygen atoms in total. The van der Waals surface area contributed by atoms with E-state index in [2.05, 4.69) is 6.07 Å². The number of hydrogen-bond donors (Lipinski definition) is 0. The smallest absolute Gasteiger partial charge is 0.317 e. The number of epoxide rings is 1. The van der Waals surface area contributed by atoms with Crippen molar-refractivity contribution in [1.82, 2.24) is 0 Å². The van der Waals surface area contributed by atoms with Gasteiger partial charge in [0, 0.05) is 27.0 Å². The van der Waals surface area contributed by atoms with E-state index in [-0.39, 0.29) is 6.03 Å². The van der Waals surface area contributed by atoms with Crippen molar-refractivity contribution in [3.05, 3.63) is 94.0 Å². The van der Waals surface area contributed by atoms with Gasteiger partial charge in [-0.3, -0.25) is 9.80 Å². The number of ether oxygens (including phenoxy) is 1. The highest BCUT2D eigenvalue weighted by Crippen LogP contribution is 2.58. The molecular weight excluding hydrogens is 409 g/mol. The van der Waals surface area contributed by atoms with Crippen molar-refractivity contribution in [2.24, 2.45) is 0 Å². The first-order chi connectivity index (χ1) is 14.0. The Balaban J connectivity index is 1.66. The third-order valence-electron chi connectivity index (χ3n) is 5.13. The Morgan fingerprint density at radius 3 is 2.17 bits per heavy atom. The number of nitriles is 1. The molecule has 0 N–H and O–H groups in total. The van der Waals surface area contributed by atoms with Gasteiger partial charge in [0.2, 0.25) is 5.72 Å². The zero-order chi connectivity index (χ0) is 20.2.